The molecule has 146 valence electrons. The zero-order chi connectivity index (χ0) is 20.4. The molecule has 0 saturated carbocycles. The molecule has 0 aromatic heterocycles. The molecule has 1 aliphatic rings. The van der Waals surface area contributed by atoms with Crippen molar-refractivity contribution in [2.75, 3.05) is 4.90 Å². The summed E-state index contributed by atoms with van der Waals surface area (Å²) < 4.78 is 29.8. The maximum atomic E-state index is 13.2. The highest BCUT2D eigenvalue weighted by molar-refractivity contribution is 8.16. The van der Waals surface area contributed by atoms with E-state index in [1.807, 2.05) is 43.3 Å². The van der Waals surface area contributed by atoms with Gasteiger partial charge in [0.25, 0.3) is 15.9 Å². The third-order valence-electron chi connectivity index (χ3n) is 4.49. The second-order valence-electron chi connectivity index (χ2n) is 6.58. The number of amidine groups is 1. The van der Waals surface area contributed by atoms with E-state index in [1.54, 1.807) is 36.4 Å². The van der Waals surface area contributed by atoms with Gasteiger partial charge in [-0.15, -0.1) is 4.40 Å². The van der Waals surface area contributed by atoms with E-state index >= 15 is 0 Å². The fraction of sp³-hybridized carbons (Fsp3) is 0.0909. The van der Waals surface area contributed by atoms with Crippen molar-refractivity contribution in [3.8, 4) is 0 Å². The number of aryl methyl sites for hydroxylation is 1. The summed E-state index contributed by atoms with van der Waals surface area (Å²) >= 11 is 1.15. The lowest BCUT2D eigenvalue weighted by Gasteiger charge is -2.16. The molecule has 1 atom stereocenters. The number of hydrogen-bond acceptors (Lipinski definition) is 4. The average molecular weight is 423 g/mol. The number of hydrogen-bond donors (Lipinski definition) is 0. The Labute approximate surface area is 174 Å². The van der Waals surface area contributed by atoms with Gasteiger partial charge < -0.3 is 0 Å². The maximum absolute atomic E-state index is 13.2. The summed E-state index contributed by atoms with van der Waals surface area (Å²) in [6, 6.07) is 24.8. The van der Waals surface area contributed by atoms with Crippen LogP contribution >= 0.6 is 11.8 Å². The number of rotatable bonds is 4. The smallest absolute Gasteiger partial charge is 0.272 e. The van der Waals surface area contributed by atoms with Crippen LogP contribution in [0.5, 0.6) is 0 Å². The number of nitrogens with zero attached hydrogens (tertiary/aromatic N) is 2. The zero-order valence-corrected chi connectivity index (χ0v) is 17.2. The minimum absolute atomic E-state index is 0.0971. The quantitative estimate of drug-likeness (QED) is 0.618. The molecule has 0 N–H and O–H groups in total. The molecule has 1 amide bonds. The van der Waals surface area contributed by atoms with Gasteiger partial charge >= 0.3 is 0 Å². The molecule has 4 rings (SSSR count). The fourth-order valence-electron chi connectivity index (χ4n) is 3.00. The molecule has 7 heteroatoms. The van der Waals surface area contributed by atoms with E-state index in [9.17, 15) is 13.2 Å². The number of thioether (sulfide) groups is 1. The van der Waals surface area contributed by atoms with E-state index in [4.69, 9.17) is 0 Å². The molecule has 3 aromatic carbocycles. The van der Waals surface area contributed by atoms with Crippen LogP contribution in [0, 0.1) is 6.92 Å². The summed E-state index contributed by atoms with van der Waals surface area (Å²) in [5, 5.41) is -0.404. The lowest BCUT2D eigenvalue weighted by Crippen LogP contribution is -2.30. The summed E-state index contributed by atoms with van der Waals surface area (Å²) in [6.45, 7) is 1.88. The molecule has 5 nitrogen and oxygen atoms in total. The van der Waals surface area contributed by atoms with Crippen molar-refractivity contribution in [1.82, 2.24) is 0 Å². The number of amides is 1. The molecule has 0 spiro atoms. The fourth-order valence-corrected chi connectivity index (χ4v) is 5.35. The number of para-hydroxylation sites is 1. The summed E-state index contributed by atoms with van der Waals surface area (Å²) in [5.74, 6) is -0.217. The number of anilines is 1. The summed E-state index contributed by atoms with van der Waals surface area (Å²) in [7, 11) is -3.96. The van der Waals surface area contributed by atoms with Crippen molar-refractivity contribution < 1.29 is 13.2 Å². The van der Waals surface area contributed by atoms with Gasteiger partial charge in [-0.05, 0) is 36.8 Å². The molecule has 0 unspecified atom stereocenters. The van der Waals surface area contributed by atoms with Gasteiger partial charge in [0.05, 0.1) is 10.6 Å². The molecule has 1 heterocycles. The van der Waals surface area contributed by atoms with Crippen LogP contribution in [0.3, 0.4) is 0 Å². The van der Waals surface area contributed by atoms with Gasteiger partial charge in [-0.25, -0.2) is 0 Å². The number of benzene rings is 3. The predicted octanol–water partition coefficient (Wildman–Crippen LogP) is 4.56. The van der Waals surface area contributed by atoms with Crippen LogP contribution in [0.1, 0.15) is 16.4 Å². The van der Waals surface area contributed by atoms with Crippen molar-refractivity contribution in [1.29, 1.82) is 0 Å². The average Bonchev–Trinajstić information content (AvgIpc) is 3.05. The molecule has 3 aromatic rings. The molecule has 1 aliphatic heterocycles. The van der Waals surface area contributed by atoms with E-state index in [-0.39, 0.29) is 16.0 Å². The lowest BCUT2D eigenvalue weighted by molar-refractivity contribution is -0.117. The molecule has 0 radical (unpaired) electrons. The third kappa shape index (κ3) is 3.97. The SMILES string of the molecule is Cc1ccc(S(=O)(=O)N=C2S[C@@H](c3ccccc3)C(=O)N2c2ccccc2)cc1. The van der Waals surface area contributed by atoms with Crippen molar-refractivity contribution in [2.24, 2.45) is 4.40 Å². The summed E-state index contributed by atoms with van der Waals surface area (Å²) in [6.07, 6.45) is 0. The van der Waals surface area contributed by atoms with Crippen LogP contribution < -0.4 is 4.90 Å². The van der Waals surface area contributed by atoms with E-state index in [0.717, 1.165) is 22.9 Å². The topological polar surface area (TPSA) is 66.8 Å². The van der Waals surface area contributed by atoms with Gasteiger partial charge in [-0.3, -0.25) is 9.69 Å². The Morgan fingerprint density at radius 3 is 2.07 bits per heavy atom. The van der Waals surface area contributed by atoms with Crippen molar-refractivity contribution in [2.45, 2.75) is 17.1 Å². The van der Waals surface area contributed by atoms with Crippen LogP contribution in [0.15, 0.2) is 94.2 Å². The molecule has 0 aliphatic carbocycles. The molecule has 1 fully saturated rings. The highest BCUT2D eigenvalue weighted by Gasteiger charge is 2.41. The molecule has 29 heavy (non-hydrogen) atoms. The molecular weight excluding hydrogens is 404 g/mol. The normalized spacial score (nSPS) is 18.4. The van der Waals surface area contributed by atoms with Gasteiger partial charge in [0.15, 0.2) is 5.17 Å². The Morgan fingerprint density at radius 2 is 1.45 bits per heavy atom. The van der Waals surface area contributed by atoms with E-state index in [2.05, 4.69) is 4.40 Å². The lowest BCUT2D eigenvalue weighted by atomic mass is 10.1. The second-order valence-corrected chi connectivity index (χ2v) is 9.26. The first-order chi connectivity index (χ1) is 14.0. The van der Waals surface area contributed by atoms with Crippen LogP contribution in [0.4, 0.5) is 5.69 Å². The van der Waals surface area contributed by atoms with Crippen LogP contribution in [-0.2, 0) is 14.8 Å². The van der Waals surface area contributed by atoms with Crippen LogP contribution in [-0.4, -0.2) is 19.5 Å². The first-order valence-electron chi connectivity index (χ1n) is 8.98. The molecule has 1 saturated heterocycles. The Morgan fingerprint density at radius 1 is 0.862 bits per heavy atom. The van der Waals surface area contributed by atoms with Gasteiger partial charge in [0.2, 0.25) is 0 Å². The minimum Gasteiger partial charge on any atom is -0.272 e. The first kappa shape index (κ1) is 19.4. The minimum atomic E-state index is -3.96. The van der Waals surface area contributed by atoms with Crippen molar-refractivity contribution in [3.05, 3.63) is 96.1 Å². The van der Waals surface area contributed by atoms with E-state index < -0.39 is 15.3 Å². The molecular formula is C22H18N2O3S2. The van der Waals surface area contributed by atoms with Crippen molar-refractivity contribution in [3.63, 3.8) is 0 Å². The highest BCUT2D eigenvalue weighted by atomic mass is 32.2. The van der Waals surface area contributed by atoms with Gasteiger partial charge in [0.1, 0.15) is 5.25 Å². The van der Waals surface area contributed by atoms with Crippen LogP contribution in [0.25, 0.3) is 0 Å². The van der Waals surface area contributed by atoms with E-state index in [0.29, 0.717) is 5.69 Å². The monoisotopic (exact) mass is 422 g/mol. The van der Waals surface area contributed by atoms with Gasteiger partial charge in [-0.1, -0.05) is 78.0 Å². The standard InChI is InChI=1S/C22H18N2O3S2/c1-16-12-14-19(15-13-16)29(26,27)23-22-24(18-10-6-3-7-11-18)21(25)20(28-22)17-8-4-2-5-9-17/h2-15,20H,1H3/t20-/m0/s1. The molecule has 0 bridgehead atoms. The first-order valence-corrected chi connectivity index (χ1v) is 11.3. The Balaban J connectivity index is 1.79. The number of carbonyl (C=O) groups excluding carboxylic acids is 1. The highest BCUT2D eigenvalue weighted by Crippen LogP contribution is 2.42. The number of carbonyl (C=O) groups is 1. The third-order valence-corrected chi connectivity index (χ3v) is 7.08. The van der Waals surface area contributed by atoms with Gasteiger partial charge in [0, 0.05) is 0 Å². The Hall–Kier alpha value is -2.90. The Kier molecular flexibility index (Phi) is 5.25. The van der Waals surface area contributed by atoms with E-state index in [1.165, 1.54) is 17.0 Å². The van der Waals surface area contributed by atoms with Crippen molar-refractivity contribution >= 4 is 38.5 Å². The van der Waals surface area contributed by atoms with Crippen LogP contribution in [0.2, 0.25) is 0 Å². The largest absolute Gasteiger partial charge is 0.284 e. The summed E-state index contributed by atoms with van der Waals surface area (Å²) in [4.78, 5) is 14.7. The second kappa shape index (κ2) is 7.85. The zero-order valence-electron chi connectivity index (χ0n) is 15.6. The van der Waals surface area contributed by atoms with Gasteiger partial charge in [-0.2, -0.15) is 8.42 Å². The number of sulfonamides is 1. The Bertz CT molecular complexity index is 1160. The summed E-state index contributed by atoms with van der Waals surface area (Å²) in [5.41, 5.74) is 2.35. The maximum Gasteiger partial charge on any atom is 0.284 e. The predicted molar refractivity (Wildman–Crippen MR) is 117 cm³/mol.